The summed E-state index contributed by atoms with van der Waals surface area (Å²) in [5, 5.41) is 6.75. The van der Waals surface area contributed by atoms with E-state index in [-0.39, 0.29) is 16.9 Å². The summed E-state index contributed by atoms with van der Waals surface area (Å²) >= 11 is 0. The molecule has 2 aliphatic heterocycles. The van der Waals surface area contributed by atoms with Crippen molar-refractivity contribution in [2.24, 2.45) is 0 Å². The molecule has 3 aliphatic rings. The van der Waals surface area contributed by atoms with Crippen LogP contribution in [0.25, 0.3) is 32.9 Å². The number of fused-ring (bicyclic) bond motifs is 3. The normalized spacial score (nSPS) is 19.6. The van der Waals surface area contributed by atoms with E-state index in [1.807, 2.05) is 30.5 Å². The molecule has 0 bridgehead atoms. The fraction of sp³-hybridized carbons (Fsp3) is 0.485. The third-order valence-corrected chi connectivity index (χ3v) is 10.8. The zero-order valence-electron chi connectivity index (χ0n) is 24.6. The first-order valence-corrected chi connectivity index (χ1v) is 15.9. The van der Waals surface area contributed by atoms with Gasteiger partial charge in [-0.15, -0.1) is 9.24 Å². The van der Waals surface area contributed by atoms with Gasteiger partial charge in [0.1, 0.15) is 18.2 Å². The monoisotopic (exact) mass is 586 g/mol. The van der Waals surface area contributed by atoms with Gasteiger partial charge in [-0.1, -0.05) is 43.2 Å². The molecule has 4 heterocycles. The van der Waals surface area contributed by atoms with Crippen molar-refractivity contribution < 1.29 is 9.13 Å². The molecular weight excluding hydrogens is 546 g/mol. The summed E-state index contributed by atoms with van der Waals surface area (Å²) in [6.07, 6.45) is 11.4. The molecule has 3 fully saturated rings. The lowest BCUT2D eigenvalue weighted by molar-refractivity contribution is 0.108. The highest BCUT2D eigenvalue weighted by molar-refractivity contribution is 7.28. The lowest BCUT2D eigenvalue weighted by Gasteiger charge is -2.36. The number of benzene rings is 2. The zero-order valence-corrected chi connectivity index (χ0v) is 25.8. The van der Waals surface area contributed by atoms with Gasteiger partial charge in [0, 0.05) is 34.5 Å². The van der Waals surface area contributed by atoms with Crippen molar-refractivity contribution in [3.63, 3.8) is 0 Å². The molecule has 1 aliphatic carbocycles. The van der Waals surface area contributed by atoms with E-state index in [1.54, 1.807) is 6.07 Å². The second-order valence-corrected chi connectivity index (χ2v) is 13.2. The van der Waals surface area contributed by atoms with E-state index in [0.29, 0.717) is 23.7 Å². The number of nitrogens with zero attached hydrogens (tertiary/aromatic N) is 5. The molecule has 9 heteroatoms. The topological polar surface area (TPSA) is 66.4 Å². The number of nitrogens with one attached hydrogen (secondary N) is 1. The summed E-state index contributed by atoms with van der Waals surface area (Å²) < 4.78 is 21.6. The van der Waals surface area contributed by atoms with E-state index in [4.69, 9.17) is 19.7 Å². The molecule has 2 saturated heterocycles. The molecule has 4 aromatic rings. The van der Waals surface area contributed by atoms with Gasteiger partial charge in [-0.3, -0.25) is 9.88 Å². The van der Waals surface area contributed by atoms with Crippen LogP contribution in [0.3, 0.4) is 0 Å². The highest BCUT2D eigenvalue weighted by Gasteiger charge is 2.45. The molecular formula is C33H40FN6OP. The Bertz CT molecular complexity index is 1620. The number of aromatic nitrogens is 3. The molecule has 1 unspecified atom stereocenters. The Balaban J connectivity index is 1.31. The SMILES string of the molecule is CN(C)C1(CNc2nc(OCC34CCCN3CCC4)nc3c(P)c(-c4cccc5cccc(F)c45)ncc23)CCCC1. The number of rotatable bonds is 8. The number of pyridine rings is 1. The third kappa shape index (κ3) is 4.72. The van der Waals surface area contributed by atoms with Crippen LogP contribution in [-0.4, -0.2) is 76.2 Å². The molecule has 2 aromatic carbocycles. The molecule has 0 spiro atoms. The van der Waals surface area contributed by atoms with E-state index in [9.17, 15) is 0 Å². The van der Waals surface area contributed by atoms with Crippen LogP contribution < -0.4 is 15.4 Å². The standard InChI is InChI=1S/C33H40FN6OP/c1-39(2)32(13-3-4-14-32)20-36-30-24-19-35-27(23-11-5-9-22-10-6-12-25(34)26(22)23)29(42)28(24)37-31(38-30)41-21-33-15-7-17-40(33)18-8-16-33/h5-6,9-12,19H,3-4,7-8,13-18,20-21,42H2,1-2H3,(H,36,37,38). The lowest BCUT2D eigenvalue weighted by atomic mass is 9.95. The van der Waals surface area contributed by atoms with Crippen molar-refractivity contribution >= 4 is 42.0 Å². The molecule has 1 atom stereocenters. The molecule has 7 nitrogen and oxygen atoms in total. The molecule has 0 amide bonds. The maximum atomic E-state index is 15.1. The molecule has 0 radical (unpaired) electrons. The summed E-state index contributed by atoms with van der Waals surface area (Å²) in [6.45, 7) is 3.67. The minimum absolute atomic E-state index is 0.0864. The average molecular weight is 587 g/mol. The van der Waals surface area contributed by atoms with Gasteiger partial charge in [0.15, 0.2) is 0 Å². The van der Waals surface area contributed by atoms with E-state index >= 15 is 4.39 Å². The minimum Gasteiger partial charge on any atom is -0.461 e. The zero-order chi connectivity index (χ0) is 28.9. The lowest BCUT2D eigenvalue weighted by Crippen LogP contribution is -2.47. The van der Waals surface area contributed by atoms with Crippen LogP contribution in [0, 0.1) is 5.82 Å². The molecule has 1 saturated carbocycles. The van der Waals surface area contributed by atoms with Gasteiger partial charge in [-0.05, 0) is 77.2 Å². The second-order valence-electron chi connectivity index (χ2n) is 12.7. The number of ether oxygens (including phenoxy) is 1. The van der Waals surface area contributed by atoms with Gasteiger partial charge < -0.3 is 15.0 Å². The Kier molecular flexibility index (Phi) is 7.28. The van der Waals surface area contributed by atoms with Crippen LogP contribution in [-0.2, 0) is 0 Å². The van der Waals surface area contributed by atoms with Crippen LogP contribution in [0.15, 0.2) is 42.6 Å². The summed E-state index contributed by atoms with van der Waals surface area (Å²) in [5.74, 6) is 0.480. The van der Waals surface area contributed by atoms with E-state index in [2.05, 4.69) is 38.5 Å². The van der Waals surface area contributed by atoms with Crippen molar-refractivity contribution in [3.05, 3.63) is 48.4 Å². The van der Waals surface area contributed by atoms with Gasteiger partial charge in [-0.25, -0.2) is 4.39 Å². The number of hydrogen-bond acceptors (Lipinski definition) is 7. The Labute approximate surface area is 249 Å². The molecule has 7 rings (SSSR count). The maximum absolute atomic E-state index is 15.1. The van der Waals surface area contributed by atoms with Gasteiger partial charge in [0.2, 0.25) is 0 Å². The number of halogens is 1. The van der Waals surface area contributed by atoms with Gasteiger partial charge >= 0.3 is 6.01 Å². The Morgan fingerprint density at radius 2 is 1.74 bits per heavy atom. The van der Waals surface area contributed by atoms with E-state index < -0.39 is 0 Å². The fourth-order valence-corrected chi connectivity index (χ4v) is 8.17. The second kappa shape index (κ2) is 11.0. The van der Waals surface area contributed by atoms with Crippen molar-refractivity contribution in [2.75, 3.05) is 45.7 Å². The fourth-order valence-electron chi connectivity index (χ4n) is 7.72. The number of anilines is 1. The number of hydrogen-bond donors (Lipinski definition) is 1. The van der Waals surface area contributed by atoms with Crippen LogP contribution in [0.2, 0.25) is 0 Å². The third-order valence-electron chi connectivity index (χ3n) is 10.2. The molecule has 2 aromatic heterocycles. The first-order chi connectivity index (χ1) is 20.4. The van der Waals surface area contributed by atoms with Crippen molar-refractivity contribution in [1.82, 2.24) is 24.8 Å². The van der Waals surface area contributed by atoms with Gasteiger partial charge in [0.25, 0.3) is 0 Å². The van der Waals surface area contributed by atoms with Crippen LogP contribution >= 0.6 is 9.24 Å². The molecule has 1 N–H and O–H groups in total. The first kappa shape index (κ1) is 27.9. The summed E-state index contributed by atoms with van der Waals surface area (Å²) in [5.41, 5.74) is 2.37. The summed E-state index contributed by atoms with van der Waals surface area (Å²) in [4.78, 5) is 19.7. The minimum atomic E-state index is -0.258. The van der Waals surface area contributed by atoms with Crippen LogP contribution in [0.4, 0.5) is 10.2 Å². The molecule has 42 heavy (non-hydrogen) atoms. The quantitative estimate of drug-likeness (QED) is 0.263. The largest absolute Gasteiger partial charge is 0.461 e. The Morgan fingerprint density at radius 1 is 1.00 bits per heavy atom. The highest BCUT2D eigenvalue weighted by atomic mass is 31.0. The van der Waals surface area contributed by atoms with Gasteiger partial charge in [0.05, 0.1) is 22.1 Å². The Hall–Kier alpha value is -2.93. The number of likely N-dealkylation sites (N-methyl/N-ethyl adjacent to an activating group) is 1. The predicted octanol–water partition coefficient (Wildman–Crippen LogP) is 5.78. The van der Waals surface area contributed by atoms with Crippen LogP contribution in [0.1, 0.15) is 51.4 Å². The van der Waals surface area contributed by atoms with Crippen molar-refractivity contribution in [2.45, 2.75) is 62.4 Å². The molecule has 220 valence electrons. The summed E-state index contributed by atoms with van der Waals surface area (Å²) in [7, 11) is 7.17. The highest BCUT2D eigenvalue weighted by Crippen LogP contribution is 2.40. The predicted molar refractivity (Wildman–Crippen MR) is 171 cm³/mol. The maximum Gasteiger partial charge on any atom is 0.319 e. The van der Waals surface area contributed by atoms with Crippen LogP contribution in [0.5, 0.6) is 6.01 Å². The van der Waals surface area contributed by atoms with Crippen molar-refractivity contribution in [3.8, 4) is 17.3 Å². The Morgan fingerprint density at radius 3 is 2.48 bits per heavy atom. The smallest absolute Gasteiger partial charge is 0.319 e. The average Bonchev–Trinajstić information content (AvgIpc) is 3.72. The van der Waals surface area contributed by atoms with E-state index in [1.165, 1.54) is 31.7 Å². The summed E-state index contributed by atoms with van der Waals surface area (Å²) in [6, 6.07) is 11.4. The van der Waals surface area contributed by atoms with E-state index in [0.717, 1.165) is 78.3 Å². The first-order valence-electron chi connectivity index (χ1n) is 15.3. The van der Waals surface area contributed by atoms with Gasteiger partial charge in [-0.2, -0.15) is 9.97 Å². The van der Waals surface area contributed by atoms with Crippen molar-refractivity contribution in [1.29, 1.82) is 0 Å².